The van der Waals surface area contributed by atoms with Crippen LogP contribution in [0, 0.1) is 0 Å². The number of nitrogens with two attached hydrogens (primary N) is 1. The van der Waals surface area contributed by atoms with Crippen LogP contribution in [0.2, 0.25) is 10.0 Å². The molecule has 2 aromatic rings. The van der Waals surface area contributed by atoms with Gasteiger partial charge in [0.1, 0.15) is 0 Å². The van der Waals surface area contributed by atoms with Gasteiger partial charge in [-0.25, -0.2) is 9.48 Å². The van der Waals surface area contributed by atoms with E-state index < -0.39 is 5.97 Å². The molecule has 6 nitrogen and oxygen atoms in total. The fourth-order valence-electron chi connectivity index (χ4n) is 1.83. The molecule has 0 saturated heterocycles. The lowest BCUT2D eigenvalue weighted by molar-refractivity contribution is 0.0518. The molecule has 0 aliphatic heterocycles. The number of hydrogen-bond acceptors (Lipinski definition) is 5. The van der Waals surface area contributed by atoms with E-state index in [1.165, 1.54) is 0 Å². The fourth-order valence-corrected chi connectivity index (χ4v) is 2.15. The van der Waals surface area contributed by atoms with Crippen molar-refractivity contribution in [3.05, 3.63) is 45.2 Å². The van der Waals surface area contributed by atoms with E-state index in [-0.39, 0.29) is 18.8 Å². The van der Waals surface area contributed by atoms with Crippen LogP contribution in [0.1, 0.15) is 28.7 Å². The van der Waals surface area contributed by atoms with Gasteiger partial charge in [-0.2, -0.15) is 0 Å². The molecule has 1 aromatic heterocycles. The third-order valence-electron chi connectivity index (χ3n) is 2.82. The van der Waals surface area contributed by atoms with Crippen molar-refractivity contribution in [2.75, 3.05) is 6.61 Å². The number of carbonyl (C=O) groups excluding carboxylic acids is 1. The molecule has 0 unspecified atom stereocenters. The summed E-state index contributed by atoms with van der Waals surface area (Å²) in [4.78, 5) is 11.8. The van der Waals surface area contributed by atoms with Crippen LogP contribution < -0.4 is 5.73 Å². The van der Waals surface area contributed by atoms with Crippen molar-refractivity contribution in [1.29, 1.82) is 0 Å². The molecule has 1 aromatic carbocycles. The molecule has 0 fully saturated rings. The highest BCUT2D eigenvalue weighted by molar-refractivity contribution is 6.42. The minimum atomic E-state index is -0.529. The average Bonchev–Trinajstić information content (AvgIpc) is 2.86. The van der Waals surface area contributed by atoms with Crippen molar-refractivity contribution < 1.29 is 9.53 Å². The van der Waals surface area contributed by atoms with Crippen LogP contribution in [0.5, 0.6) is 0 Å². The van der Waals surface area contributed by atoms with Crippen molar-refractivity contribution >= 4 is 29.2 Å². The van der Waals surface area contributed by atoms with E-state index in [4.69, 9.17) is 33.7 Å². The second kappa shape index (κ2) is 6.89. The Morgan fingerprint density at radius 1 is 1.38 bits per heavy atom. The quantitative estimate of drug-likeness (QED) is 0.851. The Balaban J connectivity index is 2.28. The van der Waals surface area contributed by atoms with Gasteiger partial charge in [0.25, 0.3) is 0 Å². The molecule has 0 bridgehead atoms. The van der Waals surface area contributed by atoms with Crippen LogP contribution in [0.4, 0.5) is 0 Å². The first-order valence-electron chi connectivity index (χ1n) is 6.30. The number of halogens is 2. The van der Waals surface area contributed by atoms with Crippen molar-refractivity contribution in [2.45, 2.75) is 20.0 Å². The van der Waals surface area contributed by atoms with Crippen molar-refractivity contribution in [3.63, 3.8) is 0 Å². The van der Waals surface area contributed by atoms with Crippen molar-refractivity contribution in [3.8, 4) is 0 Å². The van der Waals surface area contributed by atoms with Crippen molar-refractivity contribution in [1.82, 2.24) is 15.0 Å². The van der Waals surface area contributed by atoms with Gasteiger partial charge in [0, 0.05) is 6.54 Å². The number of esters is 1. The highest BCUT2D eigenvalue weighted by Crippen LogP contribution is 2.23. The first-order chi connectivity index (χ1) is 10.1. The summed E-state index contributed by atoms with van der Waals surface area (Å²) in [5, 5.41) is 8.72. The molecule has 2 N–H and O–H groups in total. The molecule has 0 saturated carbocycles. The van der Waals surface area contributed by atoms with Gasteiger partial charge in [-0.05, 0) is 24.6 Å². The standard InChI is InChI=1S/C13H14Cl2N4O2/c1-2-21-13(20)12-11(6-16)19(18-17-12)7-8-3-4-9(14)10(15)5-8/h3-5H,2,6-7,16H2,1H3. The average molecular weight is 329 g/mol. The topological polar surface area (TPSA) is 83.0 Å². The van der Waals surface area contributed by atoms with Crippen LogP contribution in [-0.2, 0) is 17.8 Å². The fraction of sp³-hybridized carbons (Fsp3) is 0.308. The molecule has 8 heteroatoms. The second-order valence-electron chi connectivity index (χ2n) is 4.22. The Hall–Kier alpha value is -1.63. The van der Waals surface area contributed by atoms with E-state index in [2.05, 4.69) is 10.3 Å². The zero-order chi connectivity index (χ0) is 15.4. The maximum atomic E-state index is 11.8. The highest BCUT2D eigenvalue weighted by atomic mass is 35.5. The monoisotopic (exact) mass is 328 g/mol. The normalized spacial score (nSPS) is 10.7. The molecule has 1 heterocycles. The molecule has 21 heavy (non-hydrogen) atoms. The lowest BCUT2D eigenvalue weighted by Gasteiger charge is -2.07. The first-order valence-corrected chi connectivity index (χ1v) is 7.05. The number of ether oxygens (including phenoxy) is 1. The molecule has 0 radical (unpaired) electrons. The van der Waals surface area contributed by atoms with Crippen LogP contribution in [0.25, 0.3) is 0 Å². The van der Waals surface area contributed by atoms with E-state index in [0.29, 0.717) is 22.3 Å². The lowest BCUT2D eigenvalue weighted by Crippen LogP contribution is -2.14. The summed E-state index contributed by atoms with van der Waals surface area (Å²) in [6, 6.07) is 5.25. The SMILES string of the molecule is CCOC(=O)c1nnn(Cc2ccc(Cl)c(Cl)c2)c1CN. The van der Waals surface area contributed by atoms with Gasteiger partial charge in [-0.15, -0.1) is 5.10 Å². The van der Waals surface area contributed by atoms with Gasteiger partial charge in [0.05, 0.1) is 28.9 Å². The number of aromatic nitrogens is 3. The minimum absolute atomic E-state index is 0.127. The third kappa shape index (κ3) is 3.53. The lowest BCUT2D eigenvalue weighted by atomic mass is 10.2. The molecule has 2 rings (SSSR count). The molecule has 112 valence electrons. The van der Waals surface area contributed by atoms with Gasteiger partial charge in [0.2, 0.25) is 0 Å². The molecular formula is C13H14Cl2N4O2. The van der Waals surface area contributed by atoms with Crippen molar-refractivity contribution in [2.24, 2.45) is 5.73 Å². The molecular weight excluding hydrogens is 315 g/mol. The van der Waals surface area contributed by atoms with E-state index in [0.717, 1.165) is 5.56 Å². The van der Waals surface area contributed by atoms with E-state index in [1.807, 2.05) is 6.07 Å². The minimum Gasteiger partial charge on any atom is -0.461 e. The molecule has 0 atom stereocenters. The summed E-state index contributed by atoms with van der Waals surface area (Å²) in [6.07, 6.45) is 0. The van der Waals surface area contributed by atoms with Gasteiger partial charge < -0.3 is 10.5 Å². The summed E-state index contributed by atoms with van der Waals surface area (Å²) < 4.78 is 6.47. The summed E-state index contributed by atoms with van der Waals surface area (Å²) >= 11 is 11.8. The Morgan fingerprint density at radius 2 is 2.14 bits per heavy atom. The summed E-state index contributed by atoms with van der Waals surface area (Å²) in [5.74, 6) is -0.529. The molecule has 0 aliphatic carbocycles. The van der Waals surface area contributed by atoms with Gasteiger partial charge in [-0.1, -0.05) is 34.5 Å². The number of nitrogens with zero attached hydrogens (tertiary/aromatic N) is 3. The smallest absolute Gasteiger partial charge is 0.360 e. The molecule has 0 spiro atoms. The Bertz CT molecular complexity index is 658. The van der Waals surface area contributed by atoms with Crippen LogP contribution in [0.15, 0.2) is 18.2 Å². The molecule has 0 amide bonds. The highest BCUT2D eigenvalue weighted by Gasteiger charge is 2.19. The zero-order valence-electron chi connectivity index (χ0n) is 11.3. The predicted molar refractivity (Wildman–Crippen MR) is 79.4 cm³/mol. The number of carbonyl (C=O) groups is 1. The van der Waals surface area contributed by atoms with Gasteiger partial charge in [-0.3, -0.25) is 0 Å². The van der Waals surface area contributed by atoms with Crippen LogP contribution in [0.3, 0.4) is 0 Å². The number of benzene rings is 1. The van der Waals surface area contributed by atoms with Gasteiger partial charge >= 0.3 is 5.97 Å². The van der Waals surface area contributed by atoms with Gasteiger partial charge in [0.15, 0.2) is 5.69 Å². The third-order valence-corrected chi connectivity index (χ3v) is 3.56. The molecule has 0 aliphatic rings. The van der Waals surface area contributed by atoms with E-state index in [1.54, 1.807) is 23.7 Å². The zero-order valence-corrected chi connectivity index (χ0v) is 12.9. The summed E-state index contributed by atoms with van der Waals surface area (Å²) in [5.41, 5.74) is 7.21. The van der Waals surface area contributed by atoms with E-state index in [9.17, 15) is 4.79 Å². The predicted octanol–water partition coefficient (Wildman–Crippen LogP) is 2.27. The largest absolute Gasteiger partial charge is 0.461 e. The van der Waals surface area contributed by atoms with E-state index >= 15 is 0 Å². The van der Waals surface area contributed by atoms with Crippen LogP contribution >= 0.6 is 23.2 Å². The second-order valence-corrected chi connectivity index (χ2v) is 5.03. The Kier molecular flexibility index (Phi) is 5.17. The number of rotatable bonds is 5. The maximum Gasteiger partial charge on any atom is 0.360 e. The maximum absolute atomic E-state index is 11.8. The summed E-state index contributed by atoms with van der Waals surface area (Å²) in [7, 11) is 0. The van der Waals surface area contributed by atoms with Crippen LogP contribution in [-0.4, -0.2) is 27.6 Å². The summed E-state index contributed by atoms with van der Waals surface area (Å²) in [6.45, 7) is 2.50. The Labute approximate surface area is 131 Å². The first kappa shape index (κ1) is 15.8. The Morgan fingerprint density at radius 3 is 2.76 bits per heavy atom. The number of hydrogen-bond donors (Lipinski definition) is 1.